The molecule has 0 saturated heterocycles. The fourth-order valence-corrected chi connectivity index (χ4v) is 2.42. The average Bonchev–Trinajstić information content (AvgIpc) is 2.46. The zero-order chi connectivity index (χ0) is 15.1. The molecule has 112 valence electrons. The lowest BCUT2D eigenvalue weighted by Gasteiger charge is -2.09. The molecule has 0 heterocycles. The van der Waals surface area contributed by atoms with Crippen LogP contribution in [0, 0.1) is 0 Å². The van der Waals surface area contributed by atoms with Crippen LogP contribution < -0.4 is 10.1 Å². The lowest BCUT2D eigenvalue weighted by atomic mass is 10.2. The van der Waals surface area contributed by atoms with Crippen molar-refractivity contribution in [2.75, 3.05) is 11.9 Å². The van der Waals surface area contributed by atoms with Gasteiger partial charge in [-0.15, -0.1) is 0 Å². The molecule has 0 atom stereocenters. The largest absolute Gasteiger partial charge is 0.494 e. The predicted molar refractivity (Wildman–Crippen MR) is 90.6 cm³/mol. The van der Waals surface area contributed by atoms with Gasteiger partial charge in [-0.3, -0.25) is 0 Å². The lowest BCUT2D eigenvalue weighted by Crippen LogP contribution is -2.00. The highest BCUT2D eigenvalue weighted by Crippen LogP contribution is 2.23. The highest BCUT2D eigenvalue weighted by molar-refractivity contribution is 6.35. The summed E-state index contributed by atoms with van der Waals surface area (Å²) in [6, 6.07) is 13.5. The van der Waals surface area contributed by atoms with Crippen molar-refractivity contribution in [2.45, 2.75) is 26.3 Å². The summed E-state index contributed by atoms with van der Waals surface area (Å²) in [6.45, 7) is 3.64. The molecule has 21 heavy (non-hydrogen) atoms. The van der Waals surface area contributed by atoms with Gasteiger partial charge in [-0.25, -0.2) is 0 Å². The van der Waals surface area contributed by atoms with Gasteiger partial charge in [0.25, 0.3) is 0 Å². The van der Waals surface area contributed by atoms with E-state index in [1.807, 2.05) is 24.3 Å². The summed E-state index contributed by atoms with van der Waals surface area (Å²) in [5, 5.41) is 4.56. The molecule has 0 bridgehead atoms. The molecule has 0 aliphatic heterocycles. The molecule has 0 radical (unpaired) electrons. The van der Waals surface area contributed by atoms with Crippen molar-refractivity contribution in [1.82, 2.24) is 0 Å². The molecular formula is C17H19Cl2NO. The minimum absolute atomic E-state index is 0.629. The zero-order valence-corrected chi connectivity index (χ0v) is 13.5. The number of rotatable bonds is 7. The number of halogens is 2. The van der Waals surface area contributed by atoms with E-state index in [0.29, 0.717) is 16.6 Å². The molecule has 2 aromatic rings. The van der Waals surface area contributed by atoms with Crippen molar-refractivity contribution in [1.29, 1.82) is 0 Å². The highest BCUT2D eigenvalue weighted by atomic mass is 35.5. The van der Waals surface area contributed by atoms with Gasteiger partial charge in [-0.2, -0.15) is 0 Å². The van der Waals surface area contributed by atoms with E-state index in [1.165, 1.54) is 5.56 Å². The van der Waals surface area contributed by atoms with Crippen LogP contribution in [0.25, 0.3) is 0 Å². The normalized spacial score (nSPS) is 10.4. The van der Waals surface area contributed by atoms with Crippen LogP contribution in [0.2, 0.25) is 10.0 Å². The predicted octanol–water partition coefficient (Wildman–Crippen LogP) is 5.78. The van der Waals surface area contributed by atoms with Crippen molar-refractivity contribution < 1.29 is 4.74 Å². The minimum atomic E-state index is 0.629. The summed E-state index contributed by atoms with van der Waals surface area (Å²) >= 11 is 11.9. The van der Waals surface area contributed by atoms with Gasteiger partial charge in [-0.05, 0) is 42.3 Å². The van der Waals surface area contributed by atoms with Gasteiger partial charge >= 0.3 is 0 Å². The van der Waals surface area contributed by atoms with E-state index >= 15 is 0 Å². The van der Waals surface area contributed by atoms with Crippen molar-refractivity contribution in [3.05, 3.63) is 58.1 Å². The molecule has 2 aromatic carbocycles. The first-order valence-electron chi connectivity index (χ1n) is 7.09. The quantitative estimate of drug-likeness (QED) is 0.651. The van der Waals surface area contributed by atoms with Crippen LogP contribution in [0.4, 0.5) is 5.69 Å². The Morgan fingerprint density at radius 3 is 2.29 bits per heavy atom. The Balaban J connectivity index is 1.88. The Bertz CT molecular complexity index is 549. The maximum Gasteiger partial charge on any atom is 0.119 e. The third kappa shape index (κ3) is 5.49. The van der Waals surface area contributed by atoms with Crippen molar-refractivity contribution in [2.24, 2.45) is 0 Å². The molecule has 0 fully saturated rings. The molecule has 0 unspecified atom stereocenters. The zero-order valence-electron chi connectivity index (χ0n) is 12.0. The Labute approximate surface area is 136 Å². The van der Waals surface area contributed by atoms with E-state index in [4.69, 9.17) is 27.9 Å². The van der Waals surface area contributed by atoms with Crippen LogP contribution in [-0.2, 0) is 6.54 Å². The van der Waals surface area contributed by atoms with Gasteiger partial charge in [0.2, 0.25) is 0 Å². The number of hydrogen-bond donors (Lipinski definition) is 1. The molecule has 4 heteroatoms. The van der Waals surface area contributed by atoms with Crippen LogP contribution in [0.5, 0.6) is 5.75 Å². The van der Waals surface area contributed by atoms with Gasteiger partial charge < -0.3 is 10.1 Å². The molecule has 0 aliphatic rings. The van der Waals surface area contributed by atoms with Crippen LogP contribution in [0.15, 0.2) is 42.5 Å². The molecule has 0 saturated carbocycles. The van der Waals surface area contributed by atoms with E-state index in [1.54, 1.807) is 6.07 Å². The van der Waals surface area contributed by atoms with E-state index in [9.17, 15) is 0 Å². The summed E-state index contributed by atoms with van der Waals surface area (Å²) in [5.41, 5.74) is 2.09. The van der Waals surface area contributed by atoms with Crippen LogP contribution in [-0.4, -0.2) is 6.61 Å². The Morgan fingerprint density at radius 2 is 1.67 bits per heavy atom. The standard InChI is InChI=1S/C17H19Cl2NO/c1-2-3-8-21-17-6-4-13(5-7-17)12-20-16-10-14(18)9-15(19)11-16/h4-7,9-11,20H,2-3,8,12H2,1H3. The number of hydrogen-bond acceptors (Lipinski definition) is 2. The topological polar surface area (TPSA) is 21.3 Å². The van der Waals surface area contributed by atoms with Gasteiger partial charge in [0.1, 0.15) is 5.75 Å². The smallest absolute Gasteiger partial charge is 0.119 e. The maximum atomic E-state index is 5.97. The number of unbranched alkanes of at least 4 members (excludes halogenated alkanes) is 1. The highest BCUT2D eigenvalue weighted by Gasteiger charge is 1.99. The summed E-state index contributed by atoms with van der Waals surface area (Å²) in [4.78, 5) is 0. The first kappa shape index (κ1) is 16.0. The van der Waals surface area contributed by atoms with Crippen molar-refractivity contribution in [3.63, 3.8) is 0 Å². The summed E-state index contributed by atoms with van der Waals surface area (Å²) in [7, 11) is 0. The maximum absolute atomic E-state index is 5.97. The van der Waals surface area contributed by atoms with Crippen LogP contribution in [0.3, 0.4) is 0 Å². The average molecular weight is 324 g/mol. The minimum Gasteiger partial charge on any atom is -0.494 e. The van der Waals surface area contributed by atoms with Gasteiger partial charge in [0, 0.05) is 22.3 Å². The van der Waals surface area contributed by atoms with Gasteiger partial charge in [-0.1, -0.05) is 48.7 Å². The molecule has 0 aromatic heterocycles. The first-order chi connectivity index (χ1) is 10.2. The van der Waals surface area contributed by atoms with E-state index in [-0.39, 0.29) is 0 Å². The Hall–Kier alpha value is -1.38. The van der Waals surface area contributed by atoms with E-state index in [0.717, 1.165) is 30.9 Å². The Morgan fingerprint density at radius 1 is 1.00 bits per heavy atom. The van der Waals surface area contributed by atoms with Gasteiger partial charge in [0.05, 0.1) is 6.61 Å². The SMILES string of the molecule is CCCCOc1ccc(CNc2cc(Cl)cc(Cl)c2)cc1. The van der Waals surface area contributed by atoms with Crippen molar-refractivity contribution >= 4 is 28.9 Å². The van der Waals surface area contributed by atoms with Crippen LogP contribution >= 0.6 is 23.2 Å². The monoisotopic (exact) mass is 323 g/mol. The molecule has 0 amide bonds. The van der Waals surface area contributed by atoms with Crippen LogP contribution in [0.1, 0.15) is 25.3 Å². The molecule has 0 aliphatic carbocycles. The second kappa shape index (κ2) is 8.16. The lowest BCUT2D eigenvalue weighted by molar-refractivity contribution is 0.309. The number of anilines is 1. The molecule has 2 nitrogen and oxygen atoms in total. The van der Waals surface area contributed by atoms with Gasteiger partial charge in [0.15, 0.2) is 0 Å². The third-order valence-electron chi connectivity index (χ3n) is 3.05. The summed E-state index contributed by atoms with van der Waals surface area (Å²) in [6.07, 6.45) is 2.23. The number of benzene rings is 2. The van der Waals surface area contributed by atoms with E-state index < -0.39 is 0 Å². The number of ether oxygens (including phenoxy) is 1. The Kier molecular flexibility index (Phi) is 6.21. The number of nitrogens with one attached hydrogen (secondary N) is 1. The third-order valence-corrected chi connectivity index (χ3v) is 3.49. The summed E-state index contributed by atoms with van der Waals surface area (Å²) < 4.78 is 5.64. The fourth-order valence-electron chi connectivity index (χ4n) is 1.90. The first-order valence-corrected chi connectivity index (χ1v) is 7.84. The van der Waals surface area contributed by atoms with Crippen molar-refractivity contribution in [3.8, 4) is 5.75 Å². The van der Waals surface area contributed by atoms with E-state index in [2.05, 4.69) is 24.4 Å². The molecule has 2 rings (SSSR count). The molecule has 0 spiro atoms. The molecular weight excluding hydrogens is 305 g/mol. The second-order valence-corrected chi connectivity index (χ2v) is 5.73. The summed E-state index contributed by atoms with van der Waals surface area (Å²) in [5.74, 6) is 0.915. The molecule has 1 N–H and O–H groups in total. The fraction of sp³-hybridized carbons (Fsp3) is 0.294. The second-order valence-electron chi connectivity index (χ2n) is 4.86.